The second-order valence-electron chi connectivity index (χ2n) is 12.9. The highest BCUT2D eigenvalue weighted by Crippen LogP contribution is 2.46. The van der Waals surface area contributed by atoms with Gasteiger partial charge in [0, 0.05) is 69.6 Å². The van der Waals surface area contributed by atoms with Crippen LogP contribution in [0.3, 0.4) is 0 Å². The molecule has 0 aliphatic rings. The SMILES string of the molecule is c1ccc(-n2c3ccccc3c3cc(N(c4ccc5sc6ccccc6c5c4)c4cccc5c4ccc4c6ccccc6oc54)ccc32)cc1. The van der Waals surface area contributed by atoms with Crippen molar-refractivity contribution in [3.05, 3.63) is 170 Å². The van der Waals surface area contributed by atoms with Crippen molar-refractivity contribution in [2.45, 2.75) is 0 Å². The van der Waals surface area contributed by atoms with Crippen molar-refractivity contribution in [3.8, 4) is 5.69 Å². The second-order valence-corrected chi connectivity index (χ2v) is 14.0. The summed E-state index contributed by atoms with van der Waals surface area (Å²) in [6.07, 6.45) is 0. The molecule has 11 aromatic rings. The molecule has 0 aliphatic carbocycles. The van der Waals surface area contributed by atoms with Gasteiger partial charge in [0.2, 0.25) is 0 Å². The first-order chi connectivity index (χ1) is 24.8. The highest BCUT2D eigenvalue weighted by atomic mass is 32.1. The minimum atomic E-state index is 0.910. The van der Waals surface area contributed by atoms with Gasteiger partial charge in [0.25, 0.3) is 0 Å². The molecule has 0 bridgehead atoms. The number of hydrogen-bond acceptors (Lipinski definition) is 3. The summed E-state index contributed by atoms with van der Waals surface area (Å²) in [7, 11) is 0. The first-order valence-corrected chi connectivity index (χ1v) is 17.7. The first kappa shape index (κ1) is 27.6. The highest BCUT2D eigenvalue weighted by molar-refractivity contribution is 7.25. The molecule has 0 amide bonds. The lowest BCUT2D eigenvalue weighted by Crippen LogP contribution is -2.10. The molecule has 3 nitrogen and oxygen atoms in total. The van der Waals surface area contributed by atoms with Gasteiger partial charge in [0.1, 0.15) is 11.2 Å². The molecule has 234 valence electrons. The zero-order chi connectivity index (χ0) is 32.8. The standard InChI is InChI=1S/C46H28N2OS/c1-2-11-29(12-3-1)48-41-17-7-4-13-32(41)38-27-30(21-25-42(38)48)47(31-22-26-45-39(28-31)35-15-6-9-20-44(35)50-45)40-18-10-16-36-33(40)23-24-37-34-14-5-8-19-43(34)49-46(36)37/h1-28H. The molecule has 0 N–H and O–H groups in total. The topological polar surface area (TPSA) is 21.3 Å². The van der Waals surface area contributed by atoms with Gasteiger partial charge in [-0.3, -0.25) is 0 Å². The molecular weight excluding hydrogens is 629 g/mol. The van der Waals surface area contributed by atoms with E-state index in [1.54, 1.807) is 0 Å². The van der Waals surface area contributed by atoms with E-state index in [2.05, 4.69) is 173 Å². The third-order valence-corrected chi connectivity index (χ3v) is 11.3. The fourth-order valence-electron chi connectivity index (χ4n) is 7.95. The number of nitrogens with zero attached hydrogens (tertiary/aromatic N) is 2. The molecule has 0 spiro atoms. The number of aromatic nitrogens is 1. The minimum Gasteiger partial charge on any atom is -0.455 e. The number of rotatable bonds is 4. The van der Waals surface area contributed by atoms with Crippen molar-refractivity contribution in [3.63, 3.8) is 0 Å². The van der Waals surface area contributed by atoms with E-state index in [0.29, 0.717) is 0 Å². The first-order valence-electron chi connectivity index (χ1n) is 16.9. The van der Waals surface area contributed by atoms with Gasteiger partial charge in [0.15, 0.2) is 0 Å². The fourth-order valence-corrected chi connectivity index (χ4v) is 9.04. The Bertz CT molecular complexity index is 3110. The molecule has 0 atom stereocenters. The minimum absolute atomic E-state index is 0.910. The summed E-state index contributed by atoms with van der Waals surface area (Å²) in [4.78, 5) is 2.43. The number of para-hydroxylation sites is 3. The Balaban J connectivity index is 1.21. The van der Waals surface area contributed by atoms with Crippen LogP contribution in [0.25, 0.3) is 80.4 Å². The largest absolute Gasteiger partial charge is 0.455 e. The summed E-state index contributed by atoms with van der Waals surface area (Å²) in [6, 6.07) is 61.3. The molecule has 50 heavy (non-hydrogen) atoms. The van der Waals surface area contributed by atoms with Crippen LogP contribution in [-0.4, -0.2) is 4.57 Å². The van der Waals surface area contributed by atoms with E-state index < -0.39 is 0 Å². The van der Waals surface area contributed by atoms with Gasteiger partial charge in [-0.05, 0) is 78.9 Å². The summed E-state index contributed by atoms with van der Waals surface area (Å²) in [6.45, 7) is 0. The van der Waals surface area contributed by atoms with Gasteiger partial charge >= 0.3 is 0 Å². The van der Waals surface area contributed by atoms with Crippen molar-refractivity contribution in [2.24, 2.45) is 0 Å². The predicted octanol–water partition coefficient (Wildman–Crippen LogP) is 13.7. The molecule has 0 saturated heterocycles. The molecule has 0 radical (unpaired) electrons. The molecule has 8 aromatic carbocycles. The molecule has 4 heteroatoms. The van der Waals surface area contributed by atoms with Crippen molar-refractivity contribution < 1.29 is 4.42 Å². The van der Waals surface area contributed by atoms with E-state index in [0.717, 1.165) is 55.5 Å². The maximum absolute atomic E-state index is 6.54. The van der Waals surface area contributed by atoms with Gasteiger partial charge in [-0.15, -0.1) is 11.3 Å². The van der Waals surface area contributed by atoms with E-state index in [9.17, 15) is 0 Å². The molecule has 0 saturated carbocycles. The number of hydrogen-bond donors (Lipinski definition) is 0. The van der Waals surface area contributed by atoms with Gasteiger partial charge in [-0.1, -0.05) is 91.0 Å². The lowest BCUT2D eigenvalue weighted by Gasteiger charge is -2.27. The van der Waals surface area contributed by atoms with Crippen LogP contribution in [0.2, 0.25) is 0 Å². The van der Waals surface area contributed by atoms with Crippen molar-refractivity contribution in [2.75, 3.05) is 4.90 Å². The van der Waals surface area contributed by atoms with Crippen LogP contribution < -0.4 is 4.90 Å². The number of fused-ring (bicyclic) bond motifs is 11. The Hall–Kier alpha value is -6.36. The quantitative estimate of drug-likeness (QED) is 0.188. The molecule has 3 heterocycles. The van der Waals surface area contributed by atoms with Gasteiger partial charge in [-0.2, -0.15) is 0 Å². The zero-order valence-corrected chi connectivity index (χ0v) is 27.7. The highest BCUT2D eigenvalue weighted by Gasteiger charge is 2.21. The summed E-state index contributed by atoms with van der Waals surface area (Å²) in [5.41, 5.74) is 8.69. The third kappa shape index (κ3) is 3.97. The monoisotopic (exact) mass is 656 g/mol. The van der Waals surface area contributed by atoms with Crippen LogP contribution in [-0.2, 0) is 0 Å². The fraction of sp³-hybridized carbons (Fsp3) is 0. The van der Waals surface area contributed by atoms with E-state index in [1.807, 2.05) is 17.4 Å². The van der Waals surface area contributed by atoms with Gasteiger partial charge in [-0.25, -0.2) is 0 Å². The predicted molar refractivity (Wildman–Crippen MR) is 213 cm³/mol. The third-order valence-electron chi connectivity index (χ3n) is 10.2. The summed E-state index contributed by atoms with van der Waals surface area (Å²) >= 11 is 1.85. The van der Waals surface area contributed by atoms with Crippen molar-refractivity contribution in [1.82, 2.24) is 4.57 Å². The van der Waals surface area contributed by atoms with E-state index in [1.165, 1.54) is 42.0 Å². The second kappa shape index (κ2) is 10.6. The molecule has 0 unspecified atom stereocenters. The Kier molecular flexibility index (Phi) is 5.83. The number of benzene rings is 8. The smallest absolute Gasteiger partial charge is 0.143 e. The number of anilines is 3. The molecular formula is C46H28N2OS. The summed E-state index contributed by atoms with van der Waals surface area (Å²) < 4.78 is 11.5. The Labute approximate surface area is 291 Å². The van der Waals surface area contributed by atoms with E-state index in [4.69, 9.17) is 4.42 Å². The van der Waals surface area contributed by atoms with Gasteiger partial charge < -0.3 is 13.9 Å². The summed E-state index contributed by atoms with van der Waals surface area (Å²) in [5, 5.41) is 9.53. The molecule has 11 rings (SSSR count). The van der Waals surface area contributed by atoms with Crippen molar-refractivity contribution in [1.29, 1.82) is 0 Å². The van der Waals surface area contributed by atoms with Crippen molar-refractivity contribution >= 4 is 103 Å². The Morgan fingerprint density at radius 2 is 1.06 bits per heavy atom. The van der Waals surface area contributed by atoms with Crippen LogP contribution >= 0.6 is 11.3 Å². The van der Waals surface area contributed by atoms with Crippen LogP contribution in [0, 0.1) is 0 Å². The van der Waals surface area contributed by atoms with Crippen LogP contribution in [0.4, 0.5) is 17.1 Å². The molecule has 3 aromatic heterocycles. The van der Waals surface area contributed by atoms with Gasteiger partial charge in [0.05, 0.1) is 16.7 Å². The normalized spacial score (nSPS) is 12.0. The zero-order valence-electron chi connectivity index (χ0n) is 26.9. The van der Waals surface area contributed by atoms with E-state index >= 15 is 0 Å². The van der Waals surface area contributed by atoms with Crippen LogP contribution in [0.1, 0.15) is 0 Å². The van der Waals surface area contributed by atoms with Crippen LogP contribution in [0.5, 0.6) is 0 Å². The lowest BCUT2D eigenvalue weighted by atomic mass is 10.0. The number of furan rings is 1. The Morgan fingerprint density at radius 3 is 1.96 bits per heavy atom. The maximum atomic E-state index is 6.54. The molecule has 0 fully saturated rings. The van der Waals surface area contributed by atoms with Crippen LogP contribution in [0.15, 0.2) is 174 Å². The molecule has 0 aliphatic heterocycles. The lowest BCUT2D eigenvalue weighted by molar-refractivity contribution is 0.672. The number of thiophene rings is 1. The van der Waals surface area contributed by atoms with E-state index in [-0.39, 0.29) is 0 Å². The average molecular weight is 657 g/mol. The average Bonchev–Trinajstić information content (AvgIpc) is 3.85. The Morgan fingerprint density at radius 1 is 0.420 bits per heavy atom. The maximum Gasteiger partial charge on any atom is 0.143 e. The summed E-state index contributed by atoms with van der Waals surface area (Å²) in [5.74, 6) is 0.